The Morgan fingerprint density at radius 3 is 2.82 bits per heavy atom. The molecule has 0 bridgehead atoms. The van der Waals surface area contributed by atoms with Gasteiger partial charge in [0, 0.05) is 28.2 Å². The zero-order valence-electron chi connectivity index (χ0n) is 12.5. The Kier molecular flexibility index (Phi) is 3.45. The van der Waals surface area contributed by atoms with Crippen LogP contribution in [0.4, 0.5) is 5.82 Å². The Hall–Kier alpha value is -2.27. The number of rotatable bonds is 3. The third-order valence-corrected chi connectivity index (χ3v) is 3.99. The number of H-pyrrole nitrogens is 1. The van der Waals surface area contributed by atoms with Gasteiger partial charge in [-0.1, -0.05) is 16.8 Å². The molecule has 22 heavy (non-hydrogen) atoms. The van der Waals surface area contributed by atoms with E-state index in [2.05, 4.69) is 15.5 Å². The highest BCUT2D eigenvalue weighted by molar-refractivity contribution is 6.31. The van der Waals surface area contributed by atoms with Crippen molar-refractivity contribution in [2.45, 2.75) is 26.2 Å². The highest BCUT2D eigenvalue weighted by atomic mass is 35.5. The highest BCUT2D eigenvalue weighted by Crippen LogP contribution is 2.33. The van der Waals surface area contributed by atoms with Gasteiger partial charge in [0.05, 0.1) is 5.41 Å². The van der Waals surface area contributed by atoms with E-state index in [1.54, 1.807) is 13.0 Å². The van der Waals surface area contributed by atoms with Gasteiger partial charge in [0.15, 0.2) is 5.82 Å². The first-order chi connectivity index (χ1) is 10.4. The van der Waals surface area contributed by atoms with E-state index in [1.165, 1.54) is 0 Å². The van der Waals surface area contributed by atoms with Gasteiger partial charge in [0.2, 0.25) is 5.91 Å². The molecule has 0 saturated carbocycles. The molecule has 0 aliphatic heterocycles. The van der Waals surface area contributed by atoms with E-state index in [1.807, 2.05) is 38.2 Å². The minimum atomic E-state index is -0.754. The van der Waals surface area contributed by atoms with Crippen LogP contribution in [0.2, 0.25) is 5.02 Å². The number of fused-ring (bicyclic) bond motifs is 1. The fourth-order valence-electron chi connectivity index (χ4n) is 2.43. The summed E-state index contributed by atoms with van der Waals surface area (Å²) >= 11 is 6.07. The number of halogens is 1. The summed E-state index contributed by atoms with van der Waals surface area (Å²) in [4.78, 5) is 15.8. The van der Waals surface area contributed by atoms with Crippen LogP contribution < -0.4 is 5.32 Å². The number of hydrogen-bond donors (Lipinski definition) is 2. The number of nitrogens with zero attached hydrogens (tertiary/aromatic N) is 1. The molecule has 2 N–H and O–H groups in total. The number of anilines is 1. The summed E-state index contributed by atoms with van der Waals surface area (Å²) in [5.41, 5.74) is 1.07. The normalized spacial score (nSPS) is 11.8. The first kappa shape index (κ1) is 14.7. The largest absolute Gasteiger partial charge is 0.361 e. The average Bonchev–Trinajstić information content (AvgIpc) is 3.04. The molecule has 0 aliphatic carbocycles. The van der Waals surface area contributed by atoms with Gasteiger partial charge < -0.3 is 14.8 Å². The number of benzene rings is 1. The molecule has 3 rings (SSSR count). The summed E-state index contributed by atoms with van der Waals surface area (Å²) in [5, 5.41) is 8.14. The third-order valence-electron chi connectivity index (χ3n) is 3.75. The topological polar surface area (TPSA) is 70.9 Å². The number of aromatic nitrogens is 2. The number of aryl methyl sites for hydroxylation is 1. The Morgan fingerprint density at radius 1 is 1.36 bits per heavy atom. The van der Waals surface area contributed by atoms with Crippen LogP contribution in [-0.4, -0.2) is 16.0 Å². The Labute approximate surface area is 132 Å². The van der Waals surface area contributed by atoms with Gasteiger partial charge >= 0.3 is 0 Å². The zero-order valence-corrected chi connectivity index (χ0v) is 13.3. The second-order valence-electron chi connectivity index (χ2n) is 5.79. The lowest BCUT2D eigenvalue weighted by Gasteiger charge is -2.22. The second-order valence-corrected chi connectivity index (χ2v) is 6.23. The van der Waals surface area contributed by atoms with Gasteiger partial charge in [-0.2, -0.15) is 0 Å². The van der Waals surface area contributed by atoms with Crippen molar-refractivity contribution in [1.82, 2.24) is 10.1 Å². The maximum Gasteiger partial charge on any atom is 0.235 e. The number of amides is 1. The highest BCUT2D eigenvalue weighted by Gasteiger charge is 2.32. The van der Waals surface area contributed by atoms with E-state index in [0.717, 1.165) is 16.5 Å². The molecule has 3 aromatic rings. The number of carbonyl (C=O) groups is 1. The van der Waals surface area contributed by atoms with Crippen LogP contribution in [-0.2, 0) is 10.2 Å². The molecule has 0 aliphatic rings. The van der Waals surface area contributed by atoms with E-state index in [9.17, 15) is 4.79 Å². The lowest BCUT2D eigenvalue weighted by atomic mass is 9.83. The van der Waals surface area contributed by atoms with Gasteiger partial charge in [-0.3, -0.25) is 4.79 Å². The van der Waals surface area contributed by atoms with E-state index in [4.69, 9.17) is 16.1 Å². The van der Waals surface area contributed by atoms with Gasteiger partial charge in [0.1, 0.15) is 5.76 Å². The molecule has 1 amide bonds. The van der Waals surface area contributed by atoms with Crippen LogP contribution in [0, 0.1) is 6.92 Å². The van der Waals surface area contributed by atoms with Crippen molar-refractivity contribution in [2.75, 3.05) is 5.32 Å². The van der Waals surface area contributed by atoms with Crippen LogP contribution in [0.1, 0.15) is 25.2 Å². The quantitative estimate of drug-likeness (QED) is 0.766. The summed E-state index contributed by atoms with van der Waals surface area (Å²) in [6.07, 6.45) is 1.84. The zero-order chi connectivity index (χ0) is 15.9. The molecular weight excluding hydrogens is 302 g/mol. The SMILES string of the molecule is Cc1cc(NC(=O)C(C)(C)c2c[nH]c3ccc(Cl)cc23)no1. The van der Waals surface area contributed by atoms with E-state index in [-0.39, 0.29) is 5.91 Å². The average molecular weight is 318 g/mol. The molecule has 0 unspecified atom stereocenters. The van der Waals surface area contributed by atoms with Crippen molar-refractivity contribution < 1.29 is 9.32 Å². The van der Waals surface area contributed by atoms with Crippen LogP contribution in [0.3, 0.4) is 0 Å². The van der Waals surface area contributed by atoms with E-state index >= 15 is 0 Å². The summed E-state index contributed by atoms with van der Waals surface area (Å²) in [7, 11) is 0. The molecule has 0 saturated heterocycles. The summed E-state index contributed by atoms with van der Waals surface area (Å²) in [5.74, 6) is 0.891. The molecule has 0 fully saturated rings. The van der Waals surface area contributed by atoms with Crippen LogP contribution in [0.5, 0.6) is 0 Å². The van der Waals surface area contributed by atoms with Crippen LogP contribution in [0.25, 0.3) is 10.9 Å². The maximum absolute atomic E-state index is 12.6. The molecule has 6 heteroatoms. The summed E-state index contributed by atoms with van der Waals surface area (Å²) in [6.45, 7) is 5.49. The smallest absolute Gasteiger partial charge is 0.235 e. The predicted octanol–water partition coefficient (Wildman–Crippen LogP) is 4.03. The maximum atomic E-state index is 12.6. The minimum Gasteiger partial charge on any atom is -0.361 e. The Bertz CT molecular complexity index is 848. The van der Waals surface area contributed by atoms with Crippen molar-refractivity contribution in [3.05, 3.63) is 46.8 Å². The Morgan fingerprint density at radius 2 is 2.14 bits per heavy atom. The van der Waals surface area contributed by atoms with E-state index < -0.39 is 5.41 Å². The monoisotopic (exact) mass is 317 g/mol. The van der Waals surface area contributed by atoms with Gasteiger partial charge in [0.25, 0.3) is 0 Å². The lowest BCUT2D eigenvalue weighted by molar-refractivity contribution is -0.120. The second kappa shape index (κ2) is 5.18. The van der Waals surface area contributed by atoms with Gasteiger partial charge in [-0.15, -0.1) is 0 Å². The fourth-order valence-corrected chi connectivity index (χ4v) is 2.60. The number of nitrogens with one attached hydrogen (secondary N) is 2. The summed E-state index contributed by atoms with van der Waals surface area (Å²) in [6, 6.07) is 7.25. The minimum absolute atomic E-state index is 0.165. The van der Waals surface area contributed by atoms with Crippen molar-refractivity contribution >= 4 is 34.2 Å². The molecular formula is C16H16ClN3O2. The molecule has 0 spiro atoms. The lowest BCUT2D eigenvalue weighted by Crippen LogP contribution is -2.34. The molecule has 2 heterocycles. The fraction of sp³-hybridized carbons (Fsp3) is 0.250. The van der Waals surface area contributed by atoms with Crippen LogP contribution >= 0.6 is 11.6 Å². The number of carbonyl (C=O) groups excluding carboxylic acids is 1. The molecule has 114 valence electrons. The van der Waals surface area contributed by atoms with Crippen molar-refractivity contribution in [3.8, 4) is 0 Å². The standard InChI is InChI=1S/C16H16ClN3O2/c1-9-6-14(20-22-9)19-15(21)16(2,3)12-8-18-13-5-4-10(17)7-11(12)13/h4-8,18H,1-3H3,(H,19,20,21). The molecule has 5 nitrogen and oxygen atoms in total. The Balaban J connectivity index is 1.96. The van der Waals surface area contributed by atoms with Gasteiger partial charge in [-0.25, -0.2) is 0 Å². The number of hydrogen-bond acceptors (Lipinski definition) is 3. The molecule has 0 radical (unpaired) electrons. The molecule has 0 atom stereocenters. The van der Waals surface area contributed by atoms with Crippen LogP contribution in [0.15, 0.2) is 35.0 Å². The van der Waals surface area contributed by atoms with Gasteiger partial charge in [-0.05, 0) is 44.5 Å². The molecule has 1 aromatic carbocycles. The summed E-state index contributed by atoms with van der Waals surface area (Å²) < 4.78 is 4.97. The molecule has 2 aromatic heterocycles. The predicted molar refractivity (Wildman–Crippen MR) is 86.2 cm³/mol. The van der Waals surface area contributed by atoms with E-state index in [0.29, 0.717) is 16.6 Å². The van der Waals surface area contributed by atoms with Crippen molar-refractivity contribution in [1.29, 1.82) is 0 Å². The van der Waals surface area contributed by atoms with Crippen molar-refractivity contribution in [3.63, 3.8) is 0 Å². The number of aromatic amines is 1. The first-order valence-electron chi connectivity index (χ1n) is 6.90. The van der Waals surface area contributed by atoms with Crippen molar-refractivity contribution in [2.24, 2.45) is 0 Å². The third kappa shape index (κ3) is 2.48. The first-order valence-corrected chi connectivity index (χ1v) is 7.27.